The molecule has 6 atom stereocenters. The average Bonchev–Trinajstić information content (AvgIpc) is 3.69. The van der Waals surface area contributed by atoms with Gasteiger partial charge in [-0.15, -0.1) is 0 Å². The SMILES string of the molecule is COc1ccc(C(O[C@@H](C)[C@]23CO[C@@H]([C@H](n4ccc(=O)[nH]c4=O)O2)[C@@H]3OP(OCCC#N)N(C(C)C)C(C)C)(c2ccccc2)c2ccc(OC)cc2)cc1. The smallest absolute Gasteiger partial charge is 0.330 e. The van der Waals surface area contributed by atoms with Crippen LogP contribution in [0.4, 0.5) is 0 Å². The summed E-state index contributed by atoms with van der Waals surface area (Å²) in [7, 11) is 1.47. The molecule has 0 radical (unpaired) electrons. The van der Waals surface area contributed by atoms with E-state index in [0.29, 0.717) is 11.5 Å². The van der Waals surface area contributed by atoms with Crippen LogP contribution in [0.3, 0.4) is 0 Å². The van der Waals surface area contributed by atoms with Crippen molar-refractivity contribution in [1.82, 2.24) is 14.2 Å². The highest BCUT2D eigenvalue weighted by molar-refractivity contribution is 7.44. The first-order valence-corrected chi connectivity index (χ1v) is 19.5. The number of nitrogens with one attached hydrogen (secondary N) is 1. The summed E-state index contributed by atoms with van der Waals surface area (Å²) in [6, 6.07) is 28.9. The van der Waals surface area contributed by atoms with Crippen molar-refractivity contribution >= 4 is 8.53 Å². The molecule has 4 aromatic rings. The van der Waals surface area contributed by atoms with Gasteiger partial charge in [-0.3, -0.25) is 14.3 Å². The number of nitriles is 1. The molecule has 2 fully saturated rings. The van der Waals surface area contributed by atoms with E-state index in [2.05, 4.69) is 43.4 Å². The quantitative estimate of drug-likeness (QED) is 0.0735. The van der Waals surface area contributed by atoms with Crippen molar-refractivity contribution in [2.45, 2.75) is 88.9 Å². The van der Waals surface area contributed by atoms with Crippen molar-refractivity contribution in [3.63, 3.8) is 0 Å². The second kappa shape index (κ2) is 17.2. The average molecular weight is 773 g/mol. The summed E-state index contributed by atoms with van der Waals surface area (Å²) in [5, 5.41) is 9.38. The van der Waals surface area contributed by atoms with Gasteiger partial charge in [0.2, 0.25) is 0 Å². The third-order valence-electron chi connectivity index (χ3n) is 10.1. The van der Waals surface area contributed by atoms with Crippen LogP contribution in [0.2, 0.25) is 0 Å². The zero-order chi connectivity index (χ0) is 39.3. The van der Waals surface area contributed by atoms with Gasteiger partial charge in [0.05, 0.1) is 46.0 Å². The van der Waals surface area contributed by atoms with Gasteiger partial charge in [0.25, 0.3) is 14.1 Å². The van der Waals surface area contributed by atoms with Crippen molar-refractivity contribution in [3.05, 3.63) is 129 Å². The Morgan fingerprint density at radius 1 is 0.909 bits per heavy atom. The molecular formula is C41H49N4O9P. The summed E-state index contributed by atoms with van der Waals surface area (Å²) >= 11 is 0. The van der Waals surface area contributed by atoms with Crippen LogP contribution < -0.4 is 20.7 Å². The van der Waals surface area contributed by atoms with Crippen LogP contribution in [0.25, 0.3) is 0 Å². The van der Waals surface area contributed by atoms with Crippen molar-refractivity contribution in [1.29, 1.82) is 5.26 Å². The first kappa shape index (κ1) is 40.3. The predicted octanol–water partition coefficient (Wildman–Crippen LogP) is 6.28. The number of methoxy groups -OCH3 is 2. The van der Waals surface area contributed by atoms with Crippen LogP contribution in [0.15, 0.2) is 101 Å². The Labute approximate surface area is 322 Å². The zero-order valence-electron chi connectivity index (χ0n) is 32.2. The molecule has 6 rings (SSSR count). The number of aromatic amines is 1. The number of rotatable bonds is 17. The molecule has 2 bridgehead atoms. The van der Waals surface area contributed by atoms with Gasteiger partial charge in [0, 0.05) is 24.3 Å². The highest BCUT2D eigenvalue weighted by Gasteiger charge is 2.68. The predicted molar refractivity (Wildman–Crippen MR) is 207 cm³/mol. The maximum atomic E-state index is 13.3. The molecule has 3 aromatic carbocycles. The molecule has 1 aromatic heterocycles. The fraction of sp³-hybridized carbons (Fsp3) is 0.439. The van der Waals surface area contributed by atoms with E-state index in [1.54, 1.807) is 14.2 Å². The molecule has 14 heteroatoms. The van der Waals surface area contributed by atoms with Crippen LogP contribution in [0.1, 0.15) is 64.0 Å². The number of fused-ring (bicyclic) bond motifs is 2. The van der Waals surface area contributed by atoms with E-state index in [-0.39, 0.29) is 31.7 Å². The molecule has 1 N–H and O–H groups in total. The Kier molecular flexibility index (Phi) is 12.6. The van der Waals surface area contributed by atoms with Gasteiger partial charge in [-0.05, 0) is 75.6 Å². The van der Waals surface area contributed by atoms with Crippen molar-refractivity contribution in [2.75, 3.05) is 27.4 Å². The minimum Gasteiger partial charge on any atom is -0.497 e. The number of aromatic nitrogens is 2. The summed E-state index contributed by atoms with van der Waals surface area (Å²) in [6.45, 7) is 10.4. The molecular weight excluding hydrogens is 723 g/mol. The zero-order valence-corrected chi connectivity index (χ0v) is 33.1. The largest absolute Gasteiger partial charge is 0.497 e. The minimum atomic E-state index is -1.78. The molecule has 55 heavy (non-hydrogen) atoms. The molecule has 292 valence electrons. The Morgan fingerprint density at radius 2 is 1.49 bits per heavy atom. The lowest BCUT2D eigenvalue weighted by molar-refractivity contribution is -0.230. The third kappa shape index (κ3) is 7.86. The Balaban J connectivity index is 1.52. The van der Waals surface area contributed by atoms with Gasteiger partial charge >= 0.3 is 5.69 Å². The van der Waals surface area contributed by atoms with Gasteiger partial charge in [0.15, 0.2) is 6.23 Å². The lowest BCUT2D eigenvalue weighted by Crippen LogP contribution is -2.55. The lowest BCUT2D eigenvalue weighted by Gasteiger charge is -2.44. The van der Waals surface area contributed by atoms with Gasteiger partial charge < -0.3 is 32.7 Å². The van der Waals surface area contributed by atoms with E-state index >= 15 is 0 Å². The molecule has 0 aliphatic carbocycles. The number of hydrogen-bond donors (Lipinski definition) is 1. The lowest BCUT2D eigenvalue weighted by atomic mass is 9.79. The summed E-state index contributed by atoms with van der Waals surface area (Å²) in [4.78, 5) is 27.7. The first-order valence-electron chi connectivity index (χ1n) is 18.4. The van der Waals surface area contributed by atoms with E-state index in [9.17, 15) is 14.9 Å². The maximum absolute atomic E-state index is 13.3. The van der Waals surface area contributed by atoms with Crippen molar-refractivity contribution < 1.29 is 32.7 Å². The van der Waals surface area contributed by atoms with Gasteiger partial charge in [-0.2, -0.15) is 5.26 Å². The number of ether oxygens (including phenoxy) is 5. The summed E-state index contributed by atoms with van der Waals surface area (Å²) in [5.41, 5.74) is -1.22. The van der Waals surface area contributed by atoms with Gasteiger partial charge in [-0.1, -0.05) is 54.6 Å². The van der Waals surface area contributed by atoms with Crippen LogP contribution >= 0.6 is 8.53 Å². The standard InChI is InChI=1S/C41H49N4O9P/c1-27(2)45(28(3)4)55(51-25-11-23-42)54-37-36-38(44-24-22-35(46)43-39(44)47)53-40(37,26-50-36)29(5)52-41(30-12-9-8-10-13-30,31-14-18-33(48-6)19-15-31)32-16-20-34(49-7)21-17-32/h8-10,12-22,24,27-29,36-38H,11,25-26H2,1-7H3,(H,43,46,47)/t29-,36+,37-,38+,40-,55?/m0/s1. The number of benzene rings is 3. The molecule has 0 spiro atoms. The Morgan fingerprint density at radius 3 is 2.02 bits per heavy atom. The molecule has 0 amide bonds. The van der Waals surface area contributed by atoms with E-state index in [4.69, 9.17) is 32.7 Å². The molecule has 0 saturated carbocycles. The van der Waals surface area contributed by atoms with Crippen LogP contribution in [0.5, 0.6) is 11.5 Å². The molecule has 2 saturated heterocycles. The Bertz CT molecular complexity index is 1980. The molecule has 13 nitrogen and oxygen atoms in total. The van der Waals surface area contributed by atoms with Gasteiger partial charge in [-0.25, -0.2) is 9.46 Å². The van der Waals surface area contributed by atoms with E-state index in [1.165, 1.54) is 16.8 Å². The maximum Gasteiger partial charge on any atom is 0.330 e. The van der Waals surface area contributed by atoms with E-state index < -0.39 is 55.5 Å². The van der Waals surface area contributed by atoms with Crippen LogP contribution in [0, 0.1) is 11.3 Å². The molecule has 2 aliphatic rings. The highest BCUT2D eigenvalue weighted by atomic mass is 31.2. The van der Waals surface area contributed by atoms with Crippen LogP contribution in [-0.4, -0.2) is 77.7 Å². The second-order valence-electron chi connectivity index (χ2n) is 14.1. The van der Waals surface area contributed by atoms with E-state index in [0.717, 1.165) is 16.7 Å². The first-order chi connectivity index (χ1) is 26.5. The fourth-order valence-corrected chi connectivity index (χ4v) is 9.32. The fourth-order valence-electron chi connectivity index (χ4n) is 7.52. The normalized spacial score (nSPS) is 21.9. The van der Waals surface area contributed by atoms with Gasteiger partial charge in [0.1, 0.15) is 34.9 Å². The van der Waals surface area contributed by atoms with E-state index in [1.807, 2.05) is 85.8 Å². The monoisotopic (exact) mass is 772 g/mol. The second-order valence-corrected chi connectivity index (χ2v) is 15.5. The molecule has 3 heterocycles. The highest BCUT2D eigenvalue weighted by Crippen LogP contribution is 2.57. The van der Waals surface area contributed by atoms with Crippen LogP contribution in [-0.2, 0) is 28.9 Å². The Hall–Kier alpha value is -4.38. The topological polar surface area (TPSA) is 147 Å². The molecule has 1 unspecified atom stereocenters. The van der Waals surface area contributed by atoms with Crippen molar-refractivity contribution in [2.24, 2.45) is 0 Å². The summed E-state index contributed by atoms with van der Waals surface area (Å²) < 4.78 is 49.0. The number of H-pyrrole nitrogens is 1. The number of nitrogens with zero attached hydrogens (tertiary/aromatic N) is 3. The molecule has 2 aliphatic heterocycles. The summed E-state index contributed by atoms with van der Waals surface area (Å²) in [6.07, 6.45) is -1.80. The minimum absolute atomic E-state index is 0.0206. The third-order valence-corrected chi connectivity index (χ3v) is 12.2. The summed E-state index contributed by atoms with van der Waals surface area (Å²) in [5.74, 6) is 1.37. The van der Waals surface area contributed by atoms with Crippen molar-refractivity contribution in [3.8, 4) is 17.6 Å². The number of hydrogen-bond acceptors (Lipinski definition) is 11.